The Balaban J connectivity index is 1.71. The third-order valence-electron chi connectivity index (χ3n) is 3.30. The molecule has 0 fully saturated rings. The van der Waals surface area contributed by atoms with E-state index in [-0.39, 0.29) is 6.61 Å². The molecular weight excluding hydrogens is 336 g/mol. The molecule has 0 aliphatic heterocycles. The van der Waals surface area contributed by atoms with Gasteiger partial charge in [0.25, 0.3) is 11.8 Å². The fourth-order valence-electron chi connectivity index (χ4n) is 1.92. The molecule has 0 aliphatic rings. The highest BCUT2D eigenvalue weighted by atomic mass is 16.5. The molecule has 7 nitrogen and oxygen atoms in total. The van der Waals surface area contributed by atoms with Crippen LogP contribution < -0.4 is 25.1 Å². The van der Waals surface area contributed by atoms with Crippen molar-refractivity contribution in [1.82, 2.24) is 10.9 Å². The van der Waals surface area contributed by atoms with Crippen LogP contribution in [0.1, 0.15) is 5.56 Å². The smallest absolute Gasteiger partial charge is 0.276 e. The molecule has 0 aromatic heterocycles. The summed E-state index contributed by atoms with van der Waals surface area (Å²) < 4.78 is 15.4. The summed E-state index contributed by atoms with van der Waals surface area (Å²) in [7, 11) is 3.15. The van der Waals surface area contributed by atoms with E-state index in [1.165, 1.54) is 6.08 Å². The molecule has 0 radical (unpaired) electrons. The highest BCUT2D eigenvalue weighted by Gasteiger charge is 2.04. The van der Waals surface area contributed by atoms with Gasteiger partial charge in [0.1, 0.15) is 17.2 Å². The number of carbonyl (C=O) groups is 2. The van der Waals surface area contributed by atoms with Crippen LogP contribution in [-0.2, 0) is 9.59 Å². The van der Waals surface area contributed by atoms with Crippen molar-refractivity contribution in [3.63, 3.8) is 0 Å². The first-order chi connectivity index (χ1) is 12.6. The molecule has 0 bridgehead atoms. The SMILES string of the molecule is COc1ccc(C=CC(=O)NNC(=O)COc2ccc(OC)cc2)cc1. The highest BCUT2D eigenvalue weighted by Crippen LogP contribution is 2.16. The molecule has 0 saturated heterocycles. The van der Waals surface area contributed by atoms with Gasteiger partial charge in [-0.2, -0.15) is 0 Å². The molecule has 0 saturated carbocycles. The van der Waals surface area contributed by atoms with Crippen LogP contribution in [0.5, 0.6) is 17.2 Å². The van der Waals surface area contributed by atoms with E-state index in [1.807, 2.05) is 12.1 Å². The molecule has 2 aromatic rings. The quantitative estimate of drug-likeness (QED) is 0.585. The summed E-state index contributed by atoms with van der Waals surface area (Å²) in [5, 5.41) is 0. The van der Waals surface area contributed by atoms with E-state index >= 15 is 0 Å². The molecule has 0 spiro atoms. The average Bonchev–Trinajstić information content (AvgIpc) is 2.69. The largest absolute Gasteiger partial charge is 0.497 e. The van der Waals surface area contributed by atoms with Crippen molar-refractivity contribution in [2.45, 2.75) is 0 Å². The number of ether oxygens (including phenoxy) is 3. The first kappa shape index (κ1) is 18.9. The molecule has 2 aromatic carbocycles. The number of carbonyl (C=O) groups excluding carboxylic acids is 2. The average molecular weight is 356 g/mol. The number of hydrogen-bond acceptors (Lipinski definition) is 5. The van der Waals surface area contributed by atoms with Crippen molar-refractivity contribution in [3.05, 3.63) is 60.2 Å². The van der Waals surface area contributed by atoms with Crippen LogP contribution in [0.4, 0.5) is 0 Å². The third-order valence-corrected chi connectivity index (χ3v) is 3.30. The predicted octanol–water partition coefficient (Wildman–Crippen LogP) is 1.94. The summed E-state index contributed by atoms with van der Waals surface area (Å²) in [5.74, 6) is 1.01. The van der Waals surface area contributed by atoms with Crippen molar-refractivity contribution < 1.29 is 23.8 Å². The standard InChI is InChI=1S/C19H20N2O5/c1-24-15-6-3-14(4-7-15)5-12-18(22)20-21-19(23)13-26-17-10-8-16(25-2)9-11-17/h3-12H,13H2,1-2H3,(H,20,22)(H,21,23). The van der Waals surface area contributed by atoms with Gasteiger partial charge < -0.3 is 14.2 Å². The molecule has 0 aliphatic carbocycles. The number of amides is 2. The van der Waals surface area contributed by atoms with E-state index in [0.717, 1.165) is 11.3 Å². The van der Waals surface area contributed by atoms with Gasteiger partial charge in [-0.25, -0.2) is 0 Å². The molecule has 0 unspecified atom stereocenters. The number of hydrogen-bond donors (Lipinski definition) is 2. The summed E-state index contributed by atoms with van der Waals surface area (Å²) in [5.41, 5.74) is 5.38. The maximum Gasteiger partial charge on any atom is 0.276 e. The molecule has 26 heavy (non-hydrogen) atoms. The molecule has 2 N–H and O–H groups in total. The molecule has 2 rings (SSSR count). The number of hydrazine groups is 1. The minimum absolute atomic E-state index is 0.227. The number of methoxy groups -OCH3 is 2. The normalized spacial score (nSPS) is 10.2. The Hall–Kier alpha value is -3.48. The highest BCUT2D eigenvalue weighted by molar-refractivity contribution is 5.93. The lowest BCUT2D eigenvalue weighted by molar-refractivity contribution is -0.128. The Morgan fingerprint density at radius 1 is 0.846 bits per heavy atom. The van der Waals surface area contributed by atoms with Crippen molar-refractivity contribution in [2.24, 2.45) is 0 Å². The van der Waals surface area contributed by atoms with Crippen LogP contribution in [0.2, 0.25) is 0 Å². The van der Waals surface area contributed by atoms with E-state index in [9.17, 15) is 9.59 Å². The second-order valence-corrected chi connectivity index (χ2v) is 5.11. The van der Waals surface area contributed by atoms with E-state index < -0.39 is 11.8 Å². The molecular formula is C19H20N2O5. The van der Waals surface area contributed by atoms with Gasteiger partial charge >= 0.3 is 0 Å². The van der Waals surface area contributed by atoms with Crippen LogP contribution in [0, 0.1) is 0 Å². The van der Waals surface area contributed by atoms with Gasteiger partial charge in [0.05, 0.1) is 14.2 Å². The van der Waals surface area contributed by atoms with Gasteiger partial charge in [-0.15, -0.1) is 0 Å². The Morgan fingerprint density at radius 2 is 1.38 bits per heavy atom. The minimum atomic E-state index is -0.480. The van der Waals surface area contributed by atoms with Crippen LogP contribution in [0.25, 0.3) is 6.08 Å². The lowest BCUT2D eigenvalue weighted by Crippen LogP contribution is -2.43. The summed E-state index contributed by atoms with van der Waals surface area (Å²) in [6.07, 6.45) is 2.93. The van der Waals surface area contributed by atoms with Gasteiger partial charge in [0.15, 0.2) is 6.61 Å². The Bertz CT molecular complexity index is 755. The zero-order chi connectivity index (χ0) is 18.8. The number of nitrogens with one attached hydrogen (secondary N) is 2. The van der Waals surface area contributed by atoms with Crippen molar-refractivity contribution in [1.29, 1.82) is 0 Å². The lowest BCUT2D eigenvalue weighted by atomic mass is 10.2. The van der Waals surface area contributed by atoms with E-state index in [4.69, 9.17) is 14.2 Å². The zero-order valence-electron chi connectivity index (χ0n) is 14.5. The van der Waals surface area contributed by atoms with E-state index in [1.54, 1.807) is 56.7 Å². The maximum atomic E-state index is 11.7. The monoisotopic (exact) mass is 356 g/mol. The van der Waals surface area contributed by atoms with Gasteiger partial charge in [-0.3, -0.25) is 20.4 Å². The van der Waals surface area contributed by atoms with E-state index in [0.29, 0.717) is 11.5 Å². The molecule has 7 heteroatoms. The predicted molar refractivity (Wildman–Crippen MR) is 96.8 cm³/mol. The zero-order valence-corrected chi connectivity index (χ0v) is 14.5. The number of rotatable bonds is 7. The summed E-state index contributed by atoms with van der Waals surface area (Å²) >= 11 is 0. The first-order valence-electron chi connectivity index (χ1n) is 7.78. The minimum Gasteiger partial charge on any atom is -0.497 e. The van der Waals surface area contributed by atoms with E-state index in [2.05, 4.69) is 10.9 Å². The van der Waals surface area contributed by atoms with Gasteiger partial charge in [0, 0.05) is 6.08 Å². The van der Waals surface area contributed by atoms with Crippen LogP contribution >= 0.6 is 0 Å². The molecule has 0 heterocycles. The Labute approximate surface area is 151 Å². The third kappa shape index (κ3) is 6.20. The van der Waals surface area contributed by atoms with Gasteiger partial charge in [0.2, 0.25) is 0 Å². The van der Waals surface area contributed by atoms with Gasteiger partial charge in [-0.05, 0) is 48.0 Å². The molecule has 136 valence electrons. The van der Waals surface area contributed by atoms with Crippen LogP contribution in [0.3, 0.4) is 0 Å². The summed E-state index contributed by atoms with van der Waals surface area (Å²) in [6, 6.07) is 14.0. The Kier molecular flexibility index (Phi) is 7.05. The Morgan fingerprint density at radius 3 is 1.96 bits per heavy atom. The second-order valence-electron chi connectivity index (χ2n) is 5.11. The molecule has 2 amide bonds. The maximum absolute atomic E-state index is 11.7. The summed E-state index contributed by atoms with van der Waals surface area (Å²) in [4.78, 5) is 23.4. The van der Waals surface area contributed by atoms with Gasteiger partial charge in [-0.1, -0.05) is 12.1 Å². The topological polar surface area (TPSA) is 85.9 Å². The van der Waals surface area contributed by atoms with Crippen molar-refractivity contribution in [2.75, 3.05) is 20.8 Å². The summed E-state index contributed by atoms with van der Waals surface area (Å²) in [6.45, 7) is -0.227. The number of benzene rings is 2. The van der Waals surface area contributed by atoms with Crippen LogP contribution in [0.15, 0.2) is 54.6 Å². The van der Waals surface area contributed by atoms with Crippen LogP contribution in [-0.4, -0.2) is 32.6 Å². The first-order valence-corrected chi connectivity index (χ1v) is 7.78. The fourth-order valence-corrected chi connectivity index (χ4v) is 1.92. The van der Waals surface area contributed by atoms with Crippen molar-refractivity contribution in [3.8, 4) is 17.2 Å². The lowest BCUT2D eigenvalue weighted by Gasteiger charge is -2.08. The fraction of sp³-hybridized carbons (Fsp3) is 0.158. The van der Waals surface area contributed by atoms with Crippen molar-refractivity contribution >= 4 is 17.9 Å². The second kappa shape index (κ2) is 9.73. The molecule has 0 atom stereocenters.